The van der Waals surface area contributed by atoms with Gasteiger partial charge in [0.05, 0.1) is 22.0 Å². The van der Waals surface area contributed by atoms with Crippen molar-refractivity contribution in [1.82, 2.24) is 14.2 Å². The van der Waals surface area contributed by atoms with Crippen molar-refractivity contribution in [2.24, 2.45) is 5.41 Å². The molecule has 5 nitrogen and oxygen atoms in total. The number of nitrogens with zero attached hydrogens (tertiary/aromatic N) is 3. The molecule has 1 unspecified atom stereocenters. The van der Waals surface area contributed by atoms with Crippen molar-refractivity contribution in [2.45, 2.75) is 32.2 Å². The highest BCUT2D eigenvalue weighted by Crippen LogP contribution is 2.42. The molecule has 25 heavy (non-hydrogen) atoms. The fourth-order valence-electron chi connectivity index (χ4n) is 4.32. The summed E-state index contributed by atoms with van der Waals surface area (Å²) in [7, 11) is -3.05. The summed E-state index contributed by atoms with van der Waals surface area (Å²) in [6.45, 7) is 5.73. The van der Waals surface area contributed by atoms with Gasteiger partial charge in [0.1, 0.15) is 0 Å². The maximum absolute atomic E-state index is 11.8. The number of piperidine rings is 1. The number of hydrogen-bond acceptors (Lipinski definition) is 5. The van der Waals surface area contributed by atoms with Gasteiger partial charge in [-0.2, -0.15) is 0 Å². The minimum Gasteiger partial charge on any atom is -0.297 e. The van der Waals surface area contributed by atoms with Crippen LogP contribution >= 0.6 is 11.3 Å². The molecule has 0 amide bonds. The van der Waals surface area contributed by atoms with Crippen LogP contribution in [0.15, 0.2) is 23.7 Å². The van der Waals surface area contributed by atoms with Crippen LogP contribution in [0.3, 0.4) is 0 Å². The molecule has 0 aliphatic carbocycles. The predicted octanol–water partition coefficient (Wildman–Crippen LogP) is 3.10. The number of thiazole rings is 1. The smallest absolute Gasteiger partial charge is 0.211 e. The normalized spacial score (nSPS) is 23.4. The van der Waals surface area contributed by atoms with E-state index in [1.165, 1.54) is 16.5 Å². The Balaban J connectivity index is 1.43. The summed E-state index contributed by atoms with van der Waals surface area (Å²) in [4.78, 5) is 6.96. The number of rotatable bonds is 3. The SMILES string of the molecule is CC(c1ccc2scnc2c1)N1CCC2(CC1)CCN(S(C)(=O)=O)C2. The molecule has 4 rings (SSSR count). The van der Waals surface area contributed by atoms with Crippen LogP contribution in [0.2, 0.25) is 0 Å². The van der Waals surface area contributed by atoms with Crippen molar-refractivity contribution < 1.29 is 8.42 Å². The lowest BCUT2D eigenvalue weighted by Crippen LogP contribution is -2.43. The van der Waals surface area contributed by atoms with Crippen molar-refractivity contribution in [3.05, 3.63) is 29.3 Å². The highest BCUT2D eigenvalue weighted by atomic mass is 32.2. The Bertz CT molecular complexity index is 869. The molecule has 3 heterocycles. The quantitative estimate of drug-likeness (QED) is 0.822. The maximum Gasteiger partial charge on any atom is 0.211 e. The van der Waals surface area contributed by atoms with E-state index in [0.717, 1.165) is 37.9 Å². The van der Waals surface area contributed by atoms with Gasteiger partial charge in [-0.25, -0.2) is 17.7 Å². The first-order chi connectivity index (χ1) is 11.9. The second-order valence-corrected chi connectivity index (χ2v) is 10.5. The van der Waals surface area contributed by atoms with Crippen LogP contribution in [0.5, 0.6) is 0 Å². The fraction of sp³-hybridized carbons (Fsp3) is 0.611. The molecule has 2 fully saturated rings. The third-order valence-corrected chi connectivity index (χ3v) is 8.18. The second-order valence-electron chi connectivity index (χ2n) is 7.64. The Hall–Kier alpha value is -1.02. The molecule has 0 N–H and O–H groups in total. The number of likely N-dealkylation sites (tertiary alicyclic amines) is 1. The largest absolute Gasteiger partial charge is 0.297 e. The Kier molecular flexibility index (Phi) is 4.38. The van der Waals surface area contributed by atoms with Crippen LogP contribution in [0, 0.1) is 5.41 Å². The van der Waals surface area contributed by atoms with E-state index in [0.29, 0.717) is 19.1 Å². The van der Waals surface area contributed by atoms with Gasteiger partial charge in [0, 0.05) is 19.1 Å². The molecule has 7 heteroatoms. The first-order valence-corrected chi connectivity index (χ1v) is 11.6. The van der Waals surface area contributed by atoms with Gasteiger partial charge in [0.25, 0.3) is 0 Å². The monoisotopic (exact) mass is 379 g/mol. The van der Waals surface area contributed by atoms with Crippen molar-refractivity contribution in [1.29, 1.82) is 0 Å². The van der Waals surface area contributed by atoms with Crippen LogP contribution in [-0.4, -0.2) is 55.0 Å². The highest BCUT2D eigenvalue weighted by Gasteiger charge is 2.43. The lowest BCUT2D eigenvalue weighted by atomic mass is 9.77. The van der Waals surface area contributed by atoms with E-state index in [1.54, 1.807) is 15.6 Å². The van der Waals surface area contributed by atoms with Crippen LogP contribution in [0.4, 0.5) is 0 Å². The van der Waals surface area contributed by atoms with Crippen LogP contribution < -0.4 is 0 Å². The van der Waals surface area contributed by atoms with Gasteiger partial charge < -0.3 is 0 Å². The number of sulfonamides is 1. The summed E-state index contributed by atoms with van der Waals surface area (Å²) in [5.41, 5.74) is 4.50. The number of aromatic nitrogens is 1. The summed E-state index contributed by atoms with van der Waals surface area (Å²) in [6.07, 6.45) is 4.51. The van der Waals surface area contributed by atoms with E-state index in [2.05, 4.69) is 35.0 Å². The van der Waals surface area contributed by atoms with Gasteiger partial charge in [-0.1, -0.05) is 6.07 Å². The number of fused-ring (bicyclic) bond motifs is 1. The van der Waals surface area contributed by atoms with Gasteiger partial charge >= 0.3 is 0 Å². The van der Waals surface area contributed by atoms with E-state index in [9.17, 15) is 8.42 Å². The number of hydrogen-bond donors (Lipinski definition) is 0. The lowest BCUT2D eigenvalue weighted by Gasteiger charge is -2.42. The first kappa shape index (κ1) is 17.4. The van der Waals surface area contributed by atoms with Crippen LogP contribution in [0.25, 0.3) is 10.2 Å². The van der Waals surface area contributed by atoms with Crippen molar-refractivity contribution >= 4 is 31.6 Å². The fourth-order valence-corrected chi connectivity index (χ4v) is 5.91. The third kappa shape index (κ3) is 3.35. The molecule has 1 aromatic carbocycles. The van der Waals surface area contributed by atoms with Crippen LogP contribution in [-0.2, 0) is 10.0 Å². The summed E-state index contributed by atoms with van der Waals surface area (Å²) in [6, 6.07) is 6.97. The topological polar surface area (TPSA) is 53.5 Å². The zero-order chi connectivity index (χ0) is 17.7. The maximum atomic E-state index is 11.8. The first-order valence-electron chi connectivity index (χ1n) is 8.89. The van der Waals surface area contributed by atoms with Crippen molar-refractivity contribution in [3.8, 4) is 0 Å². The molecule has 0 saturated carbocycles. The van der Waals surface area contributed by atoms with Gasteiger partial charge in [0.2, 0.25) is 10.0 Å². The predicted molar refractivity (Wildman–Crippen MR) is 102 cm³/mol. The highest BCUT2D eigenvalue weighted by molar-refractivity contribution is 7.88. The van der Waals surface area contributed by atoms with E-state index in [4.69, 9.17) is 0 Å². The van der Waals surface area contributed by atoms with Crippen molar-refractivity contribution in [3.63, 3.8) is 0 Å². The zero-order valence-electron chi connectivity index (χ0n) is 14.8. The summed E-state index contributed by atoms with van der Waals surface area (Å²) >= 11 is 1.68. The average Bonchev–Trinajstić information content (AvgIpc) is 3.21. The standard InChI is InChI=1S/C18H25N3O2S2/c1-14(15-3-4-17-16(11-15)19-13-24-17)20-8-5-18(6-9-20)7-10-21(12-18)25(2,22)23/h3-4,11,13-14H,5-10,12H2,1-2H3. The molecular weight excluding hydrogens is 354 g/mol. The molecule has 2 aliphatic heterocycles. The summed E-state index contributed by atoms with van der Waals surface area (Å²) < 4.78 is 26.5. The Labute approximate surface area is 153 Å². The Morgan fingerprint density at radius 2 is 1.92 bits per heavy atom. The molecular formula is C18H25N3O2S2. The second kappa shape index (κ2) is 6.30. The summed E-state index contributed by atoms with van der Waals surface area (Å²) in [5.74, 6) is 0. The molecule has 2 saturated heterocycles. The third-order valence-electron chi connectivity index (χ3n) is 6.12. The Morgan fingerprint density at radius 3 is 2.60 bits per heavy atom. The molecule has 2 aliphatic rings. The van der Waals surface area contributed by atoms with Gasteiger partial charge in [0.15, 0.2) is 0 Å². The molecule has 0 bridgehead atoms. The lowest BCUT2D eigenvalue weighted by molar-refractivity contribution is 0.0863. The van der Waals surface area contributed by atoms with Gasteiger partial charge in [-0.3, -0.25) is 4.90 Å². The van der Waals surface area contributed by atoms with E-state index in [1.807, 2.05) is 5.51 Å². The van der Waals surface area contributed by atoms with Gasteiger partial charge in [-0.15, -0.1) is 11.3 Å². The van der Waals surface area contributed by atoms with Gasteiger partial charge in [-0.05, 0) is 62.4 Å². The van der Waals surface area contributed by atoms with E-state index in [-0.39, 0.29) is 5.41 Å². The zero-order valence-corrected chi connectivity index (χ0v) is 16.4. The Morgan fingerprint density at radius 1 is 1.20 bits per heavy atom. The molecule has 136 valence electrons. The minimum absolute atomic E-state index is 0.193. The summed E-state index contributed by atoms with van der Waals surface area (Å²) in [5, 5.41) is 0. The van der Waals surface area contributed by atoms with E-state index >= 15 is 0 Å². The minimum atomic E-state index is -3.05. The van der Waals surface area contributed by atoms with Crippen molar-refractivity contribution in [2.75, 3.05) is 32.4 Å². The molecule has 1 aromatic heterocycles. The molecule has 1 atom stereocenters. The molecule has 2 aromatic rings. The molecule has 0 radical (unpaired) electrons. The van der Waals surface area contributed by atoms with Crippen LogP contribution in [0.1, 0.15) is 37.8 Å². The average molecular weight is 380 g/mol. The molecule has 1 spiro atoms. The van der Waals surface area contributed by atoms with E-state index < -0.39 is 10.0 Å². The number of benzene rings is 1.